The van der Waals surface area contributed by atoms with Gasteiger partial charge in [0.15, 0.2) is 0 Å². The fourth-order valence-electron chi connectivity index (χ4n) is 2.18. The lowest BCUT2D eigenvalue weighted by atomic mass is 9.93. The molecule has 0 N–H and O–H groups in total. The van der Waals surface area contributed by atoms with Gasteiger partial charge in [-0.05, 0) is 38.9 Å². The van der Waals surface area contributed by atoms with Crippen LogP contribution in [-0.2, 0) is 9.53 Å². The van der Waals surface area contributed by atoms with E-state index >= 15 is 0 Å². The third-order valence-corrected chi connectivity index (χ3v) is 3.44. The van der Waals surface area contributed by atoms with Gasteiger partial charge in [0.2, 0.25) is 5.78 Å². The second kappa shape index (κ2) is 6.04. The van der Waals surface area contributed by atoms with Crippen LogP contribution in [0.5, 0.6) is 0 Å². The number of carbonyl (C=O) groups excluding carboxylic acids is 1. The molecule has 0 bridgehead atoms. The maximum absolute atomic E-state index is 11.9. The molecule has 2 heterocycles. The average Bonchev–Trinajstić information content (AvgIpc) is 2.38. The van der Waals surface area contributed by atoms with Crippen LogP contribution < -0.4 is 0 Å². The first-order valence-corrected chi connectivity index (χ1v) is 6.32. The minimum atomic E-state index is 0.115. The van der Waals surface area contributed by atoms with Crippen molar-refractivity contribution in [2.75, 3.05) is 46.4 Å². The molecule has 0 saturated carbocycles. The number of rotatable bonds is 1. The van der Waals surface area contributed by atoms with E-state index in [1.165, 1.54) is 0 Å². The molecule has 4 heteroatoms. The van der Waals surface area contributed by atoms with E-state index in [0.717, 1.165) is 52.2 Å². The highest BCUT2D eigenvalue weighted by Gasteiger charge is 2.22. The van der Waals surface area contributed by atoms with Crippen molar-refractivity contribution < 1.29 is 9.53 Å². The van der Waals surface area contributed by atoms with Crippen LogP contribution in [0.25, 0.3) is 0 Å². The first-order valence-electron chi connectivity index (χ1n) is 6.32. The molecule has 2 rings (SSSR count). The zero-order valence-electron chi connectivity index (χ0n) is 10.4. The summed E-state index contributed by atoms with van der Waals surface area (Å²) in [5.41, 5.74) is 0. The van der Waals surface area contributed by atoms with Gasteiger partial charge in [0.05, 0.1) is 13.2 Å². The van der Waals surface area contributed by atoms with Crippen LogP contribution in [-0.4, -0.2) is 62.0 Å². The summed E-state index contributed by atoms with van der Waals surface area (Å²) in [6.45, 7) is 5.08. The fraction of sp³-hybridized carbons (Fsp3) is 0.769. The smallest absolute Gasteiger partial charge is 0.210 e. The Morgan fingerprint density at radius 3 is 2.47 bits per heavy atom. The molecular weight excluding hydrogens is 216 g/mol. The average molecular weight is 236 g/mol. The standard InChI is InChI=1S/C13H20N2O2/c1-14-5-2-12(3-6-14)13(16)4-7-15-8-10-17-11-9-15/h12H,2-3,5-6,8-11H2,1H3. The molecule has 0 aromatic carbocycles. The van der Waals surface area contributed by atoms with Crippen molar-refractivity contribution >= 4 is 5.78 Å². The Kier molecular flexibility index (Phi) is 4.41. The van der Waals surface area contributed by atoms with Crippen molar-refractivity contribution in [1.82, 2.24) is 9.80 Å². The summed E-state index contributed by atoms with van der Waals surface area (Å²) in [5.74, 6) is 3.07. The first kappa shape index (κ1) is 12.4. The number of ether oxygens (including phenoxy) is 1. The van der Waals surface area contributed by atoms with Crippen molar-refractivity contribution in [3.05, 3.63) is 0 Å². The lowest BCUT2D eigenvalue weighted by molar-refractivity contribution is -0.118. The van der Waals surface area contributed by atoms with Gasteiger partial charge in [-0.3, -0.25) is 4.79 Å². The Morgan fingerprint density at radius 1 is 1.18 bits per heavy atom. The Labute approximate surface area is 103 Å². The van der Waals surface area contributed by atoms with E-state index in [1.54, 1.807) is 0 Å². The maximum atomic E-state index is 11.9. The maximum Gasteiger partial charge on any atom is 0.210 e. The number of hydrogen-bond donors (Lipinski definition) is 0. The molecule has 94 valence electrons. The Morgan fingerprint density at radius 2 is 1.82 bits per heavy atom. The van der Waals surface area contributed by atoms with Crippen molar-refractivity contribution in [1.29, 1.82) is 0 Å². The molecule has 0 spiro atoms. The minimum Gasteiger partial charge on any atom is -0.378 e. The number of carbonyl (C=O) groups is 1. The Balaban J connectivity index is 1.81. The molecule has 2 saturated heterocycles. The molecule has 2 aliphatic rings. The SMILES string of the molecule is CN1CCC(C(=O)C#CN2CCOCC2)CC1. The summed E-state index contributed by atoms with van der Waals surface area (Å²) in [6, 6.07) is 2.97. The lowest BCUT2D eigenvalue weighted by Crippen LogP contribution is -2.34. The van der Waals surface area contributed by atoms with Gasteiger partial charge < -0.3 is 14.5 Å². The molecule has 0 amide bonds. The van der Waals surface area contributed by atoms with E-state index < -0.39 is 0 Å². The predicted molar refractivity (Wildman–Crippen MR) is 65.4 cm³/mol. The largest absolute Gasteiger partial charge is 0.378 e. The number of morpholine rings is 1. The van der Waals surface area contributed by atoms with Crippen molar-refractivity contribution in [3.63, 3.8) is 0 Å². The van der Waals surface area contributed by atoms with E-state index in [1.807, 2.05) is 4.90 Å². The third-order valence-electron chi connectivity index (χ3n) is 3.44. The highest BCUT2D eigenvalue weighted by Crippen LogP contribution is 2.16. The van der Waals surface area contributed by atoms with E-state index in [9.17, 15) is 4.79 Å². The Hall–Kier alpha value is -1.05. The first-order chi connectivity index (χ1) is 8.25. The van der Waals surface area contributed by atoms with E-state index in [4.69, 9.17) is 4.74 Å². The number of hydrogen-bond acceptors (Lipinski definition) is 4. The summed E-state index contributed by atoms with van der Waals surface area (Å²) < 4.78 is 5.23. The van der Waals surface area contributed by atoms with Crippen LogP contribution in [0.3, 0.4) is 0 Å². The molecule has 2 aliphatic heterocycles. The van der Waals surface area contributed by atoms with Crippen molar-refractivity contribution in [3.8, 4) is 12.0 Å². The molecule has 0 aliphatic carbocycles. The second-order valence-electron chi connectivity index (χ2n) is 4.78. The van der Waals surface area contributed by atoms with Crippen LogP contribution in [0.1, 0.15) is 12.8 Å². The molecular formula is C13H20N2O2. The van der Waals surface area contributed by atoms with Crippen LogP contribution in [0.2, 0.25) is 0 Å². The molecule has 4 nitrogen and oxygen atoms in total. The number of piperidine rings is 1. The molecule has 0 aromatic rings. The number of likely N-dealkylation sites (tertiary alicyclic amines) is 1. The molecule has 2 fully saturated rings. The number of Topliss-reactive ketones (excluding diaryl/α,β-unsaturated/α-hetero) is 1. The van der Waals surface area contributed by atoms with E-state index in [-0.39, 0.29) is 11.7 Å². The lowest BCUT2D eigenvalue weighted by Gasteiger charge is -2.26. The van der Waals surface area contributed by atoms with Crippen LogP contribution in [0.4, 0.5) is 0 Å². The fourth-order valence-corrected chi connectivity index (χ4v) is 2.18. The molecule has 0 radical (unpaired) electrons. The number of nitrogens with zero attached hydrogens (tertiary/aromatic N) is 2. The van der Waals surface area contributed by atoms with Gasteiger partial charge in [-0.2, -0.15) is 0 Å². The predicted octanol–water partition coefficient (Wildman–Crippen LogP) is 0.190. The monoisotopic (exact) mass is 236 g/mol. The molecule has 17 heavy (non-hydrogen) atoms. The van der Waals surface area contributed by atoms with Gasteiger partial charge in [0, 0.05) is 25.1 Å². The third kappa shape index (κ3) is 3.72. The van der Waals surface area contributed by atoms with Crippen LogP contribution >= 0.6 is 0 Å². The van der Waals surface area contributed by atoms with Gasteiger partial charge in [0.25, 0.3) is 0 Å². The topological polar surface area (TPSA) is 32.8 Å². The summed E-state index contributed by atoms with van der Waals surface area (Å²) in [4.78, 5) is 16.1. The Bertz CT molecular complexity index is 318. The van der Waals surface area contributed by atoms with E-state index in [2.05, 4.69) is 23.9 Å². The summed E-state index contributed by atoms with van der Waals surface area (Å²) in [7, 11) is 2.10. The highest BCUT2D eigenvalue weighted by molar-refractivity contribution is 5.97. The normalized spacial score (nSPS) is 23.0. The zero-order valence-corrected chi connectivity index (χ0v) is 10.4. The molecule has 0 atom stereocenters. The van der Waals surface area contributed by atoms with Gasteiger partial charge in [-0.25, -0.2) is 0 Å². The van der Waals surface area contributed by atoms with Gasteiger partial charge >= 0.3 is 0 Å². The minimum absolute atomic E-state index is 0.115. The summed E-state index contributed by atoms with van der Waals surface area (Å²) in [5, 5.41) is 0. The van der Waals surface area contributed by atoms with Gasteiger partial charge in [-0.15, -0.1) is 0 Å². The quantitative estimate of drug-likeness (QED) is 0.609. The van der Waals surface area contributed by atoms with Crippen LogP contribution in [0, 0.1) is 17.9 Å². The van der Waals surface area contributed by atoms with Gasteiger partial charge in [-0.1, -0.05) is 0 Å². The van der Waals surface area contributed by atoms with Crippen LogP contribution in [0.15, 0.2) is 0 Å². The number of ketones is 1. The second-order valence-corrected chi connectivity index (χ2v) is 4.78. The van der Waals surface area contributed by atoms with E-state index in [0.29, 0.717) is 0 Å². The molecule has 0 unspecified atom stereocenters. The zero-order chi connectivity index (χ0) is 12.1. The molecule has 0 aromatic heterocycles. The van der Waals surface area contributed by atoms with Crippen molar-refractivity contribution in [2.24, 2.45) is 5.92 Å². The summed E-state index contributed by atoms with van der Waals surface area (Å²) >= 11 is 0. The summed E-state index contributed by atoms with van der Waals surface area (Å²) in [6.07, 6.45) is 1.90. The van der Waals surface area contributed by atoms with Gasteiger partial charge in [0.1, 0.15) is 0 Å². The van der Waals surface area contributed by atoms with Crippen molar-refractivity contribution in [2.45, 2.75) is 12.8 Å². The highest BCUT2D eigenvalue weighted by atomic mass is 16.5.